The number of hydrogen-bond donors (Lipinski definition) is 1. The molecular formula is C5H9NO2. The van der Waals surface area contributed by atoms with Crippen LogP contribution < -0.4 is 0 Å². The number of oxime groups is 1. The third kappa shape index (κ3) is 1.20. The predicted octanol–water partition coefficient (Wildman–Crippen LogP) is 0.625. The van der Waals surface area contributed by atoms with Crippen LogP contribution in [0, 0.1) is 0 Å². The molecule has 46 valence electrons. The van der Waals surface area contributed by atoms with Crippen molar-refractivity contribution >= 4 is 6.21 Å². The molecule has 0 aliphatic carbocycles. The summed E-state index contributed by atoms with van der Waals surface area (Å²) in [6.07, 6.45) is 3.56. The van der Waals surface area contributed by atoms with Crippen LogP contribution in [0.25, 0.3) is 0 Å². The number of ether oxygens (including phenoxy) is 1. The Bertz CT molecular complexity index is 86.4. The van der Waals surface area contributed by atoms with Crippen molar-refractivity contribution in [2.45, 2.75) is 18.9 Å². The van der Waals surface area contributed by atoms with E-state index in [0.29, 0.717) is 0 Å². The Labute approximate surface area is 48.0 Å². The lowest BCUT2D eigenvalue weighted by Crippen LogP contribution is -2.05. The molecule has 0 bridgehead atoms. The zero-order valence-corrected chi connectivity index (χ0v) is 4.58. The second-order valence-electron chi connectivity index (χ2n) is 1.82. The van der Waals surface area contributed by atoms with Gasteiger partial charge in [-0.25, -0.2) is 0 Å². The summed E-state index contributed by atoms with van der Waals surface area (Å²) in [6, 6.07) is 0. The average molecular weight is 115 g/mol. The maximum atomic E-state index is 8.02. The molecule has 8 heavy (non-hydrogen) atoms. The summed E-state index contributed by atoms with van der Waals surface area (Å²) in [6.45, 7) is 0.802. The Kier molecular flexibility index (Phi) is 1.86. The van der Waals surface area contributed by atoms with Gasteiger partial charge in [0.2, 0.25) is 0 Å². The van der Waals surface area contributed by atoms with E-state index in [0.717, 1.165) is 19.4 Å². The maximum Gasteiger partial charge on any atom is 0.0960 e. The molecule has 0 aromatic carbocycles. The molecule has 0 spiro atoms. The van der Waals surface area contributed by atoms with Crippen LogP contribution in [0.15, 0.2) is 5.16 Å². The van der Waals surface area contributed by atoms with Gasteiger partial charge in [-0.3, -0.25) is 0 Å². The van der Waals surface area contributed by atoms with E-state index < -0.39 is 0 Å². The second-order valence-corrected chi connectivity index (χ2v) is 1.82. The van der Waals surface area contributed by atoms with E-state index in [-0.39, 0.29) is 6.10 Å². The number of hydrogen-bond acceptors (Lipinski definition) is 3. The largest absolute Gasteiger partial charge is 0.411 e. The fourth-order valence-corrected chi connectivity index (χ4v) is 0.794. The van der Waals surface area contributed by atoms with Crippen molar-refractivity contribution in [1.29, 1.82) is 0 Å². The molecule has 0 aromatic rings. The van der Waals surface area contributed by atoms with Gasteiger partial charge in [0, 0.05) is 6.61 Å². The first-order chi connectivity index (χ1) is 3.93. The van der Waals surface area contributed by atoms with Crippen LogP contribution in [0.2, 0.25) is 0 Å². The molecule has 0 saturated carbocycles. The lowest BCUT2D eigenvalue weighted by atomic mass is 10.3. The van der Waals surface area contributed by atoms with Crippen molar-refractivity contribution in [2.24, 2.45) is 5.16 Å². The molecule has 1 atom stereocenters. The highest BCUT2D eigenvalue weighted by Gasteiger charge is 2.11. The first-order valence-corrected chi connectivity index (χ1v) is 2.72. The molecule has 0 unspecified atom stereocenters. The molecule has 3 heteroatoms. The first-order valence-electron chi connectivity index (χ1n) is 2.72. The SMILES string of the molecule is O/N=C/[C@@H]1CCCO1. The van der Waals surface area contributed by atoms with Gasteiger partial charge in [-0.05, 0) is 12.8 Å². The molecule has 1 heterocycles. The van der Waals surface area contributed by atoms with Gasteiger partial charge in [0.05, 0.1) is 12.3 Å². The summed E-state index contributed by atoms with van der Waals surface area (Å²) in [5, 5.41) is 10.9. The fourth-order valence-electron chi connectivity index (χ4n) is 0.794. The van der Waals surface area contributed by atoms with Crippen LogP contribution in [0.1, 0.15) is 12.8 Å². The van der Waals surface area contributed by atoms with E-state index in [2.05, 4.69) is 5.16 Å². The van der Waals surface area contributed by atoms with Crippen molar-refractivity contribution in [1.82, 2.24) is 0 Å². The minimum absolute atomic E-state index is 0.0694. The molecule has 0 aromatic heterocycles. The highest BCUT2D eigenvalue weighted by molar-refractivity contribution is 5.62. The van der Waals surface area contributed by atoms with Gasteiger partial charge in [-0.2, -0.15) is 0 Å². The molecule has 0 amide bonds. The van der Waals surface area contributed by atoms with E-state index in [4.69, 9.17) is 9.94 Å². The van der Waals surface area contributed by atoms with Crippen molar-refractivity contribution < 1.29 is 9.94 Å². The number of nitrogens with zero attached hydrogens (tertiary/aromatic N) is 1. The second kappa shape index (κ2) is 2.67. The molecular weight excluding hydrogens is 106 g/mol. The normalized spacial score (nSPS) is 29.8. The first kappa shape index (κ1) is 5.56. The molecule has 3 nitrogen and oxygen atoms in total. The standard InChI is InChI=1S/C5H9NO2/c7-6-4-5-2-1-3-8-5/h4-5,7H,1-3H2/b6-4+/t5-/m0/s1. The average Bonchev–Trinajstić information content (AvgIpc) is 2.19. The summed E-state index contributed by atoms with van der Waals surface area (Å²) in [4.78, 5) is 0. The highest BCUT2D eigenvalue weighted by atomic mass is 16.5. The van der Waals surface area contributed by atoms with Gasteiger partial charge in [0.15, 0.2) is 0 Å². The van der Waals surface area contributed by atoms with Crippen LogP contribution in [-0.2, 0) is 4.74 Å². The van der Waals surface area contributed by atoms with Gasteiger partial charge in [0.1, 0.15) is 0 Å². The molecule has 1 fully saturated rings. The minimum atomic E-state index is 0.0694. The Balaban J connectivity index is 2.24. The Morgan fingerprint density at radius 2 is 2.62 bits per heavy atom. The van der Waals surface area contributed by atoms with Gasteiger partial charge in [0.25, 0.3) is 0 Å². The highest BCUT2D eigenvalue weighted by Crippen LogP contribution is 2.08. The maximum absolute atomic E-state index is 8.02. The van der Waals surface area contributed by atoms with E-state index in [1.165, 1.54) is 6.21 Å². The lowest BCUT2D eigenvalue weighted by molar-refractivity contribution is 0.158. The molecule has 0 radical (unpaired) electrons. The van der Waals surface area contributed by atoms with Crippen molar-refractivity contribution in [3.63, 3.8) is 0 Å². The Morgan fingerprint density at radius 3 is 3.12 bits per heavy atom. The van der Waals surface area contributed by atoms with Gasteiger partial charge in [-0.15, -0.1) is 0 Å². The predicted molar refractivity (Wildman–Crippen MR) is 29.3 cm³/mol. The van der Waals surface area contributed by atoms with Gasteiger partial charge < -0.3 is 9.94 Å². The molecule has 1 aliphatic rings. The summed E-state index contributed by atoms with van der Waals surface area (Å²) in [7, 11) is 0. The zero-order chi connectivity index (χ0) is 5.82. The van der Waals surface area contributed by atoms with E-state index >= 15 is 0 Å². The van der Waals surface area contributed by atoms with E-state index in [1.54, 1.807) is 0 Å². The Morgan fingerprint density at radius 1 is 1.75 bits per heavy atom. The molecule has 1 N–H and O–H groups in total. The summed E-state index contributed by atoms with van der Waals surface area (Å²) in [5.41, 5.74) is 0. The zero-order valence-electron chi connectivity index (χ0n) is 4.58. The van der Waals surface area contributed by atoms with Gasteiger partial charge >= 0.3 is 0 Å². The van der Waals surface area contributed by atoms with Crippen LogP contribution in [-0.4, -0.2) is 24.1 Å². The third-order valence-electron chi connectivity index (χ3n) is 1.20. The number of rotatable bonds is 1. The van der Waals surface area contributed by atoms with E-state index in [1.807, 2.05) is 0 Å². The fraction of sp³-hybridized carbons (Fsp3) is 0.800. The van der Waals surface area contributed by atoms with Gasteiger partial charge in [-0.1, -0.05) is 5.16 Å². The van der Waals surface area contributed by atoms with Crippen molar-refractivity contribution in [3.05, 3.63) is 0 Å². The summed E-state index contributed by atoms with van der Waals surface area (Å²) in [5.74, 6) is 0. The van der Waals surface area contributed by atoms with E-state index in [9.17, 15) is 0 Å². The molecule has 1 rings (SSSR count). The van der Waals surface area contributed by atoms with Crippen LogP contribution in [0.5, 0.6) is 0 Å². The monoisotopic (exact) mass is 115 g/mol. The topological polar surface area (TPSA) is 41.8 Å². The quantitative estimate of drug-likeness (QED) is 0.309. The molecule has 1 saturated heterocycles. The van der Waals surface area contributed by atoms with Crippen LogP contribution in [0.3, 0.4) is 0 Å². The van der Waals surface area contributed by atoms with Crippen LogP contribution >= 0.6 is 0 Å². The third-order valence-corrected chi connectivity index (χ3v) is 1.20. The Hall–Kier alpha value is -0.570. The lowest BCUT2D eigenvalue weighted by Gasteiger charge is -1.96. The minimum Gasteiger partial charge on any atom is -0.411 e. The summed E-state index contributed by atoms with van der Waals surface area (Å²) >= 11 is 0. The van der Waals surface area contributed by atoms with Crippen LogP contribution in [0.4, 0.5) is 0 Å². The van der Waals surface area contributed by atoms with Crippen molar-refractivity contribution in [3.8, 4) is 0 Å². The molecule has 1 aliphatic heterocycles. The van der Waals surface area contributed by atoms with Crippen molar-refractivity contribution in [2.75, 3.05) is 6.61 Å². The smallest absolute Gasteiger partial charge is 0.0960 e. The summed E-state index contributed by atoms with van der Waals surface area (Å²) < 4.78 is 5.08.